The Labute approximate surface area is 153 Å². The second-order valence-electron chi connectivity index (χ2n) is 6.36. The van der Waals surface area contributed by atoms with Crippen molar-refractivity contribution in [2.75, 3.05) is 19.7 Å². The Morgan fingerprint density at radius 3 is 2.65 bits per heavy atom. The Hall–Kier alpha value is -1.93. The summed E-state index contributed by atoms with van der Waals surface area (Å²) in [6.07, 6.45) is 0.701. The highest BCUT2D eigenvalue weighted by Crippen LogP contribution is 2.32. The summed E-state index contributed by atoms with van der Waals surface area (Å²) in [6.45, 7) is 0.514. The van der Waals surface area contributed by atoms with Crippen LogP contribution in [0.3, 0.4) is 0 Å². The molecule has 7 heteroatoms. The third-order valence-electron chi connectivity index (χ3n) is 4.39. The molecule has 2 atom stereocenters. The van der Waals surface area contributed by atoms with Gasteiger partial charge in [0.05, 0.1) is 22.5 Å². The average Bonchev–Trinajstić information content (AvgIpc) is 2.68. The minimum absolute atomic E-state index is 0.108. The SMILES string of the molecule is O=S(=O)(c1ccccc1)c1ccc2c(c1)O[C@@H](CNC[C@H](O)CO)CC2. The third-order valence-corrected chi connectivity index (χ3v) is 6.16. The first kappa shape index (κ1) is 18.8. The Morgan fingerprint density at radius 2 is 1.92 bits per heavy atom. The Bertz CT molecular complexity index is 838. The molecule has 0 bridgehead atoms. The number of aliphatic hydroxyl groups excluding tert-OH is 2. The Balaban J connectivity index is 1.73. The third kappa shape index (κ3) is 4.24. The lowest BCUT2D eigenvalue weighted by atomic mass is 10.0. The standard InChI is InChI=1S/C19H23NO5S/c21-13-15(22)11-20-12-16-8-6-14-7-9-18(10-19(14)25-16)26(23,24)17-4-2-1-3-5-17/h1-5,7,9-10,15-16,20-22H,6,8,11-13H2/t15-,16+/m0/s1. The number of benzene rings is 2. The lowest BCUT2D eigenvalue weighted by Gasteiger charge is -2.27. The summed E-state index contributed by atoms with van der Waals surface area (Å²) < 4.78 is 31.5. The number of aliphatic hydroxyl groups is 2. The lowest BCUT2D eigenvalue weighted by molar-refractivity contribution is 0.0893. The summed E-state index contributed by atoms with van der Waals surface area (Å²) in [6, 6.07) is 13.4. The summed E-state index contributed by atoms with van der Waals surface area (Å²) in [5.74, 6) is 0.586. The first-order valence-electron chi connectivity index (χ1n) is 8.60. The molecule has 2 aromatic carbocycles. The lowest BCUT2D eigenvalue weighted by Crippen LogP contribution is -2.38. The molecule has 0 saturated carbocycles. The number of nitrogens with one attached hydrogen (secondary N) is 1. The van der Waals surface area contributed by atoms with Crippen LogP contribution in [0.4, 0.5) is 0 Å². The monoisotopic (exact) mass is 377 g/mol. The molecule has 0 aromatic heterocycles. The van der Waals surface area contributed by atoms with Gasteiger partial charge in [0.2, 0.25) is 9.84 Å². The largest absolute Gasteiger partial charge is 0.489 e. The first-order valence-corrected chi connectivity index (χ1v) is 10.1. The number of fused-ring (bicyclic) bond motifs is 1. The van der Waals surface area contributed by atoms with Crippen molar-refractivity contribution in [1.82, 2.24) is 5.32 Å². The van der Waals surface area contributed by atoms with E-state index in [0.717, 1.165) is 18.4 Å². The maximum absolute atomic E-state index is 12.8. The summed E-state index contributed by atoms with van der Waals surface area (Å²) >= 11 is 0. The van der Waals surface area contributed by atoms with Gasteiger partial charge in [0.15, 0.2) is 0 Å². The summed E-state index contributed by atoms with van der Waals surface area (Å²) in [4.78, 5) is 0.471. The Kier molecular flexibility index (Phi) is 5.93. The molecular formula is C19H23NO5S. The van der Waals surface area contributed by atoms with Crippen molar-refractivity contribution in [3.05, 3.63) is 54.1 Å². The second-order valence-corrected chi connectivity index (χ2v) is 8.31. The maximum Gasteiger partial charge on any atom is 0.206 e. The van der Waals surface area contributed by atoms with Crippen LogP contribution < -0.4 is 10.1 Å². The molecule has 0 radical (unpaired) electrons. The number of ether oxygens (including phenoxy) is 1. The van der Waals surface area contributed by atoms with E-state index in [1.165, 1.54) is 0 Å². The first-order chi connectivity index (χ1) is 12.5. The fourth-order valence-electron chi connectivity index (χ4n) is 2.93. The van der Waals surface area contributed by atoms with E-state index in [2.05, 4.69) is 5.32 Å². The van der Waals surface area contributed by atoms with Gasteiger partial charge in [-0.1, -0.05) is 24.3 Å². The number of rotatable bonds is 7. The van der Waals surface area contributed by atoms with Gasteiger partial charge >= 0.3 is 0 Å². The number of sulfone groups is 1. The van der Waals surface area contributed by atoms with E-state index in [-0.39, 0.29) is 29.0 Å². The number of aryl methyl sites for hydroxylation is 1. The average molecular weight is 377 g/mol. The van der Waals surface area contributed by atoms with E-state index in [4.69, 9.17) is 9.84 Å². The van der Waals surface area contributed by atoms with Gasteiger partial charge in [-0.2, -0.15) is 0 Å². The van der Waals surface area contributed by atoms with Crippen molar-refractivity contribution < 1.29 is 23.4 Å². The molecular weight excluding hydrogens is 354 g/mol. The van der Waals surface area contributed by atoms with E-state index in [9.17, 15) is 13.5 Å². The minimum Gasteiger partial charge on any atom is -0.489 e. The molecule has 0 saturated heterocycles. The van der Waals surface area contributed by atoms with Crippen LogP contribution in [0.5, 0.6) is 5.75 Å². The minimum atomic E-state index is -3.58. The van der Waals surface area contributed by atoms with Gasteiger partial charge < -0.3 is 20.3 Å². The fraction of sp³-hybridized carbons (Fsp3) is 0.368. The Morgan fingerprint density at radius 1 is 1.15 bits per heavy atom. The zero-order valence-electron chi connectivity index (χ0n) is 14.3. The van der Waals surface area contributed by atoms with Gasteiger partial charge in [0, 0.05) is 13.1 Å². The van der Waals surface area contributed by atoms with Crippen molar-refractivity contribution in [3.8, 4) is 5.75 Å². The molecule has 0 amide bonds. The molecule has 1 aliphatic rings. The van der Waals surface area contributed by atoms with Gasteiger partial charge in [-0.15, -0.1) is 0 Å². The van der Waals surface area contributed by atoms with Crippen molar-refractivity contribution in [3.63, 3.8) is 0 Å². The molecule has 0 spiro atoms. The predicted octanol–water partition coefficient (Wildman–Crippen LogP) is 1.16. The highest BCUT2D eigenvalue weighted by atomic mass is 32.2. The van der Waals surface area contributed by atoms with Crippen LogP contribution in [0.1, 0.15) is 12.0 Å². The predicted molar refractivity (Wildman–Crippen MR) is 97.0 cm³/mol. The van der Waals surface area contributed by atoms with Crippen LogP contribution in [-0.4, -0.2) is 50.5 Å². The second kappa shape index (κ2) is 8.18. The van der Waals surface area contributed by atoms with E-state index in [1.807, 2.05) is 6.07 Å². The zero-order chi connectivity index (χ0) is 18.6. The van der Waals surface area contributed by atoms with Gasteiger partial charge in [-0.05, 0) is 42.7 Å². The molecule has 0 aliphatic carbocycles. The van der Waals surface area contributed by atoms with E-state index >= 15 is 0 Å². The highest BCUT2D eigenvalue weighted by molar-refractivity contribution is 7.91. The zero-order valence-corrected chi connectivity index (χ0v) is 15.2. The normalized spacial score (nSPS) is 18.0. The van der Waals surface area contributed by atoms with E-state index in [1.54, 1.807) is 42.5 Å². The van der Waals surface area contributed by atoms with Gasteiger partial charge in [0.1, 0.15) is 11.9 Å². The molecule has 3 N–H and O–H groups in total. The van der Waals surface area contributed by atoms with Crippen LogP contribution in [0, 0.1) is 0 Å². The van der Waals surface area contributed by atoms with Crippen LogP contribution in [-0.2, 0) is 16.3 Å². The molecule has 0 unspecified atom stereocenters. The van der Waals surface area contributed by atoms with Crippen molar-refractivity contribution in [2.24, 2.45) is 0 Å². The molecule has 3 rings (SSSR count). The molecule has 1 aliphatic heterocycles. The molecule has 6 nitrogen and oxygen atoms in total. The van der Waals surface area contributed by atoms with Crippen LogP contribution >= 0.6 is 0 Å². The summed E-state index contributed by atoms with van der Waals surface area (Å²) in [5.41, 5.74) is 0.989. The molecule has 0 fully saturated rings. The van der Waals surface area contributed by atoms with Gasteiger partial charge in [-0.25, -0.2) is 8.42 Å². The van der Waals surface area contributed by atoms with Crippen LogP contribution in [0.15, 0.2) is 58.3 Å². The fourth-order valence-corrected chi connectivity index (χ4v) is 4.23. The number of hydrogen-bond acceptors (Lipinski definition) is 6. The maximum atomic E-state index is 12.8. The quantitative estimate of drug-likeness (QED) is 0.670. The summed E-state index contributed by atoms with van der Waals surface area (Å²) in [5, 5.41) is 21.2. The van der Waals surface area contributed by atoms with Gasteiger partial charge in [-0.3, -0.25) is 0 Å². The smallest absolute Gasteiger partial charge is 0.206 e. The molecule has 1 heterocycles. The number of hydrogen-bond donors (Lipinski definition) is 3. The van der Waals surface area contributed by atoms with Crippen LogP contribution in [0.2, 0.25) is 0 Å². The van der Waals surface area contributed by atoms with E-state index in [0.29, 0.717) is 12.3 Å². The molecule has 26 heavy (non-hydrogen) atoms. The van der Waals surface area contributed by atoms with E-state index < -0.39 is 15.9 Å². The molecule has 2 aromatic rings. The molecule has 140 valence electrons. The highest BCUT2D eigenvalue weighted by Gasteiger charge is 2.24. The van der Waals surface area contributed by atoms with Crippen molar-refractivity contribution >= 4 is 9.84 Å². The summed E-state index contributed by atoms with van der Waals surface area (Å²) in [7, 11) is -3.58. The van der Waals surface area contributed by atoms with Gasteiger partial charge in [0.25, 0.3) is 0 Å². The van der Waals surface area contributed by atoms with Crippen molar-refractivity contribution in [1.29, 1.82) is 0 Å². The van der Waals surface area contributed by atoms with Crippen LogP contribution in [0.25, 0.3) is 0 Å². The topological polar surface area (TPSA) is 95.9 Å². The van der Waals surface area contributed by atoms with Crippen molar-refractivity contribution in [2.45, 2.75) is 34.8 Å².